The molecule has 15 heavy (non-hydrogen) atoms. The van der Waals surface area contributed by atoms with Crippen molar-refractivity contribution >= 4 is 11.3 Å². The van der Waals surface area contributed by atoms with Crippen LogP contribution in [0.15, 0.2) is 6.20 Å². The molecule has 0 saturated carbocycles. The summed E-state index contributed by atoms with van der Waals surface area (Å²) in [7, 11) is 0. The lowest BCUT2D eigenvalue weighted by atomic mass is 10.4. The molecule has 3 nitrogen and oxygen atoms in total. The van der Waals surface area contributed by atoms with E-state index in [1.54, 1.807) is 11.3 Å². The predicted octanol–water partition coefficient (Wildman–Crippen LogP) is 2.22. The number of aromatic nitrogens is 1. The van der Waals surface area contributed by atoms with Crippen LogP contribution in [-0.2, 0) is 17.7 Å². The van der Waals surface area contributed by atoms with Gasteiger partial charge in [0.2, 0.25) is 0 Å². The number of hydrogen-bond donors (Lipinski definition) is 1. The van der Waals surface area contributed by atoms with Gasteiger partial charge in [0, 0.05) is 36.7 Å². The highest BCUT2D eigenvalue weighted by molar-refractivity contribution is 7.11. The van der Waals surface area contributed by atoms with Crippen molar-refractivity contribution in [1.29, 1.82) is 0 Å². The number of hydrogen-bond acceptors (Lipinski definition) is 4. The normalized spacial score (nSPS) is 11.2. The SMILES string of the molecule is CCOCCc1ncc(CNC(C)C)s1. The summed E-state index contributed by atoms with van der Waals surface area (Å²) < 4.78 is 5.30. The van der Waals surface area contributed by atoms with Crippen molar-refractivity contribution in [3.8, 4) is 0 Å². The van der Waals surface area contributed by atoms with Gasteiger partial charge in [-0.15, -0.1) is 11.3 Å². The van der Waals surface area contributed by atoms with Crippen LogP contribution in [0.5, 0.6) is 0 Å². The minimum absolute atomic E-state index is 0.527. The Morgan fingerprint density at radius 3 is 3.00 bits per heavy atom. The molecule has 0 radical (unpaired) electrons. The van der Waals surface area contributed by atoms with Gasteiger partial charge >= 0.3 is 0 Å². The molecule has 0 aromatic carbocycles. The van der Waals surface area contributed by atoms with Crippen LogP contribution < -0.4 is 5.32 Å². The molecule has 1 rings (SSSR count). The molecule has 0 bridgehead atoms. The number of thiazole rings is 1. The zero-order valence-corrected chi connectivity index (χ0v) is 10.6. The van der Waals surface area contributed by atoms with E-state index in [0.29, 0.717) is 6.04 Å². The molecule has 0 atom stereocenters. The highest BCUT2D eigenvalue weighted by atomic mass is 32.1. The Hall–Kier alpha value is -0.450. The van der Waals surface area contributed by atoms with E-state index in [1.165, 1.54) is 9.88 Å². The molecule has 1 aromatic heterocycles. The van der Waals surface area contributed by atoms with E-state index in [0.717, 1.165) is 26.2 Å². The number of rotatable bonds is 7. The molecule has 0 aliphatic heterocycles. The molecule has 86 valence electrons. The third-order valence-electron chi connectivity index (χ3n) is 1.95. The second-order valence-electron chi connectivity index (χ2n) is 3.70. The molecule has 0 aliphatic carbocycles. The van der Waals surface area contributed by atoms with Crippen molar-refractivity contribution in [3.05, 3.63) is 16.1 Å². The number of ether oxygens (including phenoxy) is 1. The summed E-state index contributed by atoms with van der Waals surface area (Å²) in [6.45, 7) is 8.80. The number of nitrogens with one attached hydrogen (secondary N) is 1. The third-order valence-corrected chi connectivity index (χ3v) is 3.01. The van der Waals surface area contributed by atoms with Gasteiger partial charge in [-0.25, -0.2) is 4.98 Å². The minimum atomic E-state index is 0.527. The lowest BCUT2D eigenvalue weighted by Gasteiger charge is -2.04. The van der Waals surface area contributed by atoms with E-state index in [4.69, 9.17) is 4.74 Å². The molecule has 0 aliphatic rings. The molecule has 0 spiro atoms. The van der Waals surface area contributed by atoms with Crippen molar-refractivity contribution in [2.24, 2.45) is 0 Å². The molecule has 1 heterocycles. The van der Waals surface area contributed by atoms with Crippen LogP contribution in [0, 0.1) is 0 Å². The molecule has 0 fully saturated rings. The van der Waals surface area contributed by atoms with E-state index in [2.05, 4.69) is 24.1 Å². The van der Waals surface area contributed by atoms with Gasteiger partial charge in [0.15, 0.2) is 0 Å². The molecular weight excluding hydrogens is 208 g/mol. The Bertz CT molecular complexity index is 273. The first-order valence-corrected chi connectivity index (χ1v) is 6.28. The van der Waals surface area contributed by atoms with Crippen molar-refractivity contribution in [2.45, 2.75) is 39.8 Å². The molecule has 0 saturated heterocycles. The zero-order valence-electron chi connectivity index (χ0n) is 9.75. The maximum atomic E-state index is 5.30. The lowest BCUT2D eigenvalue weighted by Crippen LogP contribution is -2.21. The van der Waals surface area contributed by atoms with Gasteiger partial charge in [-0.05, 0) is 6.92 Å². The first kappa shape index (κ1) is 12.6. The van der Waals surface area contributed by atoms with Gasteiger partial charge in [0.05, 0.1) is 11.6 Å². The van der Waals surface area contributed by atoms with Crippen LogP contribution in [0.25, 0.3) is 0 Å². The fraction of sp³-hybridized carbons (Fsp3) is 0.727. The van der Waals surface area contributed by atoms with Crippen LogP contribution in [0.4, 0.5) is 0 Å². The minimum Gasteiger partial charge on any atom is -0.381 e. The summed E-state index contributed by atoms with van der Waals surface area (Å²) in [5.41, 5.74) is 0. The molecule has 1 N–H and O–H groups in total. The molecule has 4 heteroatoms. The van der Waals surface area contributed by atoms with Crippen molar-refractivity contribution in [3.63, 3.8) is 0 Å². The van der Waals surface area contributed by atoms with E-state index < -0.39 is 0 Å². The van der Waals surface area contributed by atoms with E-state index in [1.807, 2.05) is 13.1 Å². The Labute approximate surface area is 95.9 Å². The Morgan fingerprint density at radius 1 is 1.53 bits per heavy atom. The average molecular weight is 228 g/mol. The maximum Gasteiger partial charge on any atom is 0.0951 e. The zero-order chi connectivity index (χ0) is 11.1. The second kappa shape index (κ2) is 6.93. The summed E-state index contributed by atoms with van der Waals surface area (Å²) in [4.78, 5) is 5.67. The lowest BCUT2D eigenvalue weighted by molar-refractivity contribution is 0.151. The Balaban J connectivity index is 2.29. The highest BCUT2D eigenvalue weighted by Crippen LogP contribution is 2.13. The van der Waals surface area contributed by atoms with E-state index >= 15 is 0 Å². The number of nitrogens with zero attached hydrogens (tertiary/aromatic N) is 1. The monoisotopic (exact) mass is 228 g/mol. The topological polar surface area (TPSA) is 34.1 Å². The second-order valence-corrected chi connectivity index (χ2v) is 4.90. The largest absolute Gasteiger partial charge is 0.381 e. The van der Waals surface area contributed by atoms with Gasteiger partial charge in [0.1, 0.15) is 0 Å². The average Bonchev–Trinajstić information content (AvgIpc) is 2.63. The molecule has 1 aromatic rings. The van der Waals surface area contributed by atoms with Crippen molar-refractivity contribution in [1.82, 2.24) is 10.3 Å². The van der Waals surface area contributed by atoms with Crippen molar-refractivity contribution < 1.29 is 4.74 Å². The van der Waals surface area contributed by atoms with Gasteiger partial charge in [-0.1, -0.05) is 13.8 Å². The first-order valence-electron chi connectivity index (χ1n) is 5.47. The van der Waals surface area contributed by atoms with Crippen molar-refractivity contribution in [2.75, 3.05) is 13.2 Å². The standard InChI is InChI=1S/C11H20N2OS/c1-4-14-6-5-11-13-8-10(15-11)7-12-9(2)3/h8-9,12H,4-7H2,1-3H3. The summed E-state index contributed by atoms with van der Waals surface area (Å²) in [5.74, 6) is 0. The van der Waals surface area contributed by atoms with Crippen LogP contribution in [0.1, 0.15) is 30.7 Å². The Kier molecular flexibility index (Phi) is 5.83. The predicted molar refractivity (Wildman–Crippen MR) is 64.3 cm³/mol. The highest BCUT2D eigenvalue weighted by Gasteiger charge is 2.02. The van der Waals surface area contributed by atoms with Crippen LogP contribution in [0.3, 0.4) is 0 Å². The summed E-state index contributed by atoms with van der Waals surface area (Å²) in [6.07, 6.45) is 2.89. The Morgan fingerprint density at radius 2 is 2.33 bits per heavy atom. The fourth-order valence-electron chi connectivity index (χ4n) is 1.15. The quantitative estimate of drug-likeness (QED) is 0.727. The van der Waals surface area contributed by atoms with E-state index in [-0.39, 0.29) is 0 Å². The van der Waals surface area contributed by atoms with Crippen LogP contribution >= 0.6 is 11.3 Å². The molecular formula is C11H20N2OS. The van der Waals surface area contributed by atoms with Gasteiger partial charge in [-0.2, -0.15) is 0 Å². The summed E-state index contributed by atoms with van der Waals surface area (Å²) >= 11 is 1.77. The summed E-state index contributed by atoms with van der Waals surface area (Å²) in [5, 5.41) is 4.55. The van der Waals surface area contributed by atoms with Gasteiger partial charge in [0.25, 0.3) is 0 Å². The maximum absolute atomic E-state index is 5.30. The molecule has 0 amide bonds. The fourth-order valence-corrected chi connectivity index (χ4v) is 2.01. The van der Waals surface area contributed by atoms with Gasteiger partial charge in [-0.3, -0.25) is 0 Å². The third kappa shape index (κ3) is 5.25. The smallest absolute Gasteiger partial charge is 0.0951 e. The first-order chi connectivity index (χ1) is 7.22. The van der Waals surface area contributed by atoms with Gasteiger partial charge < -0.3 is 10.1 Å². The van der Waals surface area contributed by atoms with E-state index in [9.17, 15) is 0 Å². The van der Waals surface area contributed by atoms with Crippen LogP contribution in [0.2, 0.25) is 0 Å². The van der Waals surface area contributed by atoms with Crippen LogP contribution in [-0.4, -0.2) is 24.2 Å². The molecule has 0 unspecified atom stereocenters. The summed E-state index contributed by atoms with van der Waals surface area (Å²) in [6, 6.07) is 0.527.